The molecule has 0 radical (unpaired) electrons. The number of carbonyl (C=O) groups excluding carboxylic acids is 2. The number of pyridine rings is 1. The number of esters is 1. The molecule has 2 aromatic rings. The fourth-order valence-electron chi connectivity index (χ4n) is 2.83. The van der Waals surface area contributed by atoms with E-state index >= 15 is 0 Å². The first-order chi connectivity index (χ1) is 11.9. The maximum Gasteiger partial charge on any atom is 0.340 e. The van der Waals surface area contributed by atoms with E-state index in [0.29, 0.717) is 22.4 Å². The van der Waals surface area contributed by atoms with E-state index < -0.39 is 18.0 Å². The van der Waals surface area contributed by atoms with Crippen LogP contribution in [0.4, 0.5) is 5.82 Å². The molecule has 132 valence electrons. The summed E-state index contributed by atoms with van der Waals surface area (Å²) in [6, 6.07) is 5.51. The third-order valence-electron chi connectivity index (χ3n) is 4.25. The molecule has 0 spiro atoms. The zero-order chi connectivity index (χ0) is 18.1. The highest BCUT2D eigenvalue weighted by Gasteiger charge is 2.29. The Kier molecular flexibility index (Phi) is 4.81. The van der Waals surface area contributed by atoms with E-state index in [2.05, 4.69) is 14.9 Å². The van der Waals surface area contributed by atoms with Crippen molar-refractivity contribution in [2.45, 2.75) is 45.8 Å². The quantitative estimate of drug-likeness (QED) is 0.824. The second-order valence-electron chi connectivity index (χ2n) is 6.28. The van der Waals surface area contributed by atoms with Crippen molar-refractivity contribution in [1.29, 1.82) is 0 Å². The molecule has 1 N–H and O–H groups in total. The Hall–Kier alpha value is -2.34. The lowest BCUT2D eigenvalue weighted by Gasteiger charge is -2.13. The average Bonchev–Trinajstić information content (AvgIpc) is 3.34. The third-order valence-corrected chi connectivity index (χ3v) is 4.47. The molecule has 1 amide bonds. The van der Waals surface area contributed by atoms with Crippen LogP contribution in [0.1, 0.15) is 47.6 Å². The Morgan fingerprint density at radius 1 is 1.36 bits per heavy atom. The van der Waals surface area contributed by atoms with Crippen molar-refractivity contribution in [2.75, 3.05) is 5.32 Å². The van der Waals surface area contributed by atoms with Crippen LogP contribution in [0.25, 0.3) is 0 Å². The molecule has 7 heteroatoms. The highest BCUT2D eigenvalue weighted by atomic mass is 35.5. The molecule has 3 rings (SSSR count). The van der Waals surface area contributed by atoms with Crippen molar-refractivity contribution in [3.05, 3.63) is 46.4 Å². The molecule has 0 aromatic carbocycles. The molecule has 6 nitrogen and oxygen atoms in total. The maximum atomic E-state index is 12.4. The Bertz CT molecular complexity index is 810. The van der Waals surface area contributed by atoms with Crippen molar-refractivity contribution in [3.8, 4) is 0 Å². The zero-order valence-corrected chi connectivity index (χ0v) is 15.1. The zero-order valence-electron chi connectivity index (χ0n) is 14.4. The van der Waals surface area contributed by atoms with Crippen LogP contribution >= 0.6 is 11.6 Å². The van der Waals surface area contributed by atoms with E-state index in [1.165, 1.54) is 13.1 Å². The predicted octanol–water partition coefficient (Wildman–Crippen LogP) is 3.67. The average molecular weight is 362 g/mol. The fourth-order valence-corrected chi connectivity index (χ4v) is 2.95. The molecular formula is C18H20ClN3O3. The fraction of sp³-hybridized carbons (Fsp3) is 0.389. The summed E-state index contributed by atoms with van der Waals surface area (Å²) in [4.78, 5) is 28.6. The summed E-state index contributed by atoms with van der Waals surface area (Å²) in [5.74, 6) is -0.588. The molecule has 1 aliphatic rings. The standard InChI is InChI=1S/C18H20ClN3O3/c1-10-8-15(11(2)22(10)14-5-6-14)18(24)25-12(3)17(23)21-16-7-4-13(19)9-20-16/h4,7-9,12,14H,5-6H2,1-3H3,(H,20,21,23)/t12-/m0/s1. The van der Waals surface area contributed by atoms with Gasteiger partial charge in [-0.1, -0.05) is 11.6 Å². The topological polar surface area (TPSA) is 73.2 Å². The van der Waals surface area contributed by atoms with Gasteiger partial charge in [0.25, 0.3) is 5.91 Å². The van der Waals surface area contributed by atoms with E-state index in [0.717, 1.165) is 24.2 Å². The second kappa shape index (κ2) is 6.88. The van der Waals surface area contributed by atoms with Crippen LogP contribution in [0.5, 0.6) is 0 Å². The van der Waals surface area contributed by atoms with Gasteiger partial charge in [0.1, 0.15) is 5.82 Å². The van der Waals surface area contributed by atoms with Gasteiger partial charge in [-0.2, -0.15) is 0 Å². The number of carbonyl (C=O) groups is 2. The minimum atomic E-state index is -0.936. The van der Waals surface area contributed by atoms with Gasteiger partial charge in [0, 0.05) is 23.6 Å². The van der Waals surface area contributed by atoms with Gasteiger partial charge in [0.15, 0.2) is 6.10 Å². The first-order valence-corrected chi connectivity index (χ1v) is 8.56. The number of anilines is 1. The van der Waals surface area contributed by atoms with Crippen LogP contribution in [0.2, 0.25) is 5.02 Å². The van der Waals surface area contributed by atoms with Gasteiger partial charge < -0.3 is 14.6 Å². The number of aryl methyl sites for hydroxylation is 1. The summed E-state index contributed by atoms with van der Waals surface area (Å²) in [6.07, 6.45) is 2.77. The number of hydrogen-bond acceptors (Lipinski definition) is 4. The minimum Gasteiger partial charge on any atom is -0.449 e. The third kappa shape index (κ3) is 3.85. The summed E-state index contributed by atoms with van der Waals surface area (Å²) >= 11 is 5.76. The van der Waals surface area contributed by atoms with Crippen LogP contribution in [0.15, 0.2) is 24.4 Å². The van der Waals surface area contributed by atoms with Gasteiger partial charge in [-0.25, -0.2) is 9.78 Å². The number of nitrogens with one attached hydrogen (secondary N) is 1. The SMILES string of the molecule is Cc1cc(C(=O)O[C@@H](C)C(=O)Nc2ccc(Cl)cn2)c(C)n1C1CC1. The van der Waals surface area contributed by atoms with E-state index in [4.69, 9.17) is 16.3 Å². The molecule has 2 heterocycles. The van der Waals surface area contributed by atoms with Gasteiger partial charge >= 0.3 is 5.97 Å². The monoisotopic (exact) mass is 361 g/mol. The van der Waals surface area contributed by atoms with E-state index in [9.17, 15) is 9.59 Å². The molecular weight excluding hydrogens is 342 g/mol. The number of hydrogen-bond donors (Lipinski definition) is 1. The number of aromatic nitrogens is 2. The number of nitrogens with zero attached hydrogens (tertiary/aromatic N) is 2. The second-order valence-corrected chi connectivity index (χ2v) is 6.72. The van der Waals surface area contributed by atoms with E-state index in [1.807, 2.05) is 19.9 Å². The lowest BCUT2D eigenvalue weighted by molar-refractivity contribution is -0.123. The molecule has 1 fully saturated rings. The summed E-state index contributed by atoms with van der Waals surface area (Å²) in [5.41, 5.74) is 2.43. The molecule has 0 unspecified atom stereocenters. The molecule has 1 saturated carbocycles. The molecule has 25 heavy (non-hydrogen) atoms. The van der Waals surface area contributed by atoms with Crippen molar-refractivity contribution < 1.29 is 14.3 Å². The van der Waals surface area contributed by atoms with Gasteiger partial charge in [0.2, 0.25) is 0 Å². The van der Waals surface area contributed by atoms with Crippen molar-refractivity contribution >= 4 is 29.3 Å². The smallest absolute Gasteiger partial charge is 0.340 e. The van der Waals surface area contributed by atoms with Gasteiger partial charge in [-0.3, -0.25) is 4.79 Å². The maximum absolute atomic E-state index is 12.4. The summed E-state index contributed by atoms with van der Waals surface area (Å²) < 4.78 is 7.49. The highest BCUT2D eigenvalue weighted by Crippen LogP contribution is 2.38. The van der Waals surface area contributed by atoms with Crippen LogP contribution in [0, 0.1) is 13.8 Å². The van der Waals surface area contributed by atoms with Crippen LogP contribution in [-0.2, 0) is 9.53 Å². The largest absolute Gasteiger partial charge is 0.449 e. The molecule has 1 aliphatic carbocycles. The minimum absolute atomic E-state index is 0.351. The Balaban J connectivity index is 1.65. The van der Waals surface area contributed by atoms with Crippen LogP contribution < -0.4 is 5.32 Å². The molecule has 1 atom stereocenters. The molecule has 0 saturated heterocycles. The Morgan fingerprint density at radius 2 is 2.08 bits per heavy atom. The number of rotatable bonds is 5. The van der Waals surface area contributed by atoms with Gasteiger partial charge in [-0.15, -0.1) is 0 Å². The first-order valence-electron chi connectivity index (χ1n) is 8.18. The van der Waals surface area contributed by atoms with Crippen molar-refractivity contribution in [3.63, 3.8) is 0 Å². The number of ether oxygens (including phenoxy) is 1. The van der Waals surface area contributed by atoms with Crippen molar-refractivity contribution in [2.24, 2.45) is 0 Å². The predicted molar refractivity (Wildman–Crippen MR) is 94.9 cm³/mol. The summed E-state index contributed by atoms with van der Waals surface area (Å²) in [6.45, 7) is 5.41. The normalized spacial score (nSPS) is 14.9. The summed E-state index contributed by atoms with van der Waals surface area (Å²) in [5, 5.41) is 3.07. The molecule has 2 aromatic heterocycles. The van der Waals surface area contributed by atoms with Crippen LogP contribution in [-0.4, -0.2) is 27.5 Å². The van der Waals surface area contributed by atoms with Crippen LogP contribution in [0.3, 0.4) is 0 Å². The van der Waals surface area contributed by atoms with E-state index in [1.54, 1.807) is 12.1 Å². The lowest BCUT2D eigenvalue weighted by Crippen LogP contribution is -2.30. The first kappa shape index (κ1) is 17.5. The van der Waals surface area contributed by atoms with Crippen molar-refractivity contribution in [1.82, 2.24) is 9.55 Å². The van der Waals surface area contributed by atoms with E-state index in [-0.39, 0.29) is 0 Å². The number of halogens is 1. The number of amides is 1. The van der Waals surface area contributed by atoms with Gasteiger partial charge in [-0.05, 0) is 51.8 Å². The Labute approximate surface area is 151 Å². The molecule has 0 bridgehead atoms. The van der Waals surface area contributed by atoms with Gasteiger partial charge in [0.05, 0.1) is 10.6 Å². The summed E-state index contributed by atoms with van der Waals surface area (Å²) in [7, 11) is 0. The molecule has 0 aliphatic heterocycles. The Morgan fingerprint density at radius 3 is 2.68 bits per heavy atom. The highest BCUT2D eigenvalue weighted by molar-refractivity contribution is 6.30. The lowest BCUT2D eigenvalue weighted by atomic mass is 10.2.